The molecule has 0 unspecified atom stereocenters. The Morgan fingerprint density at radius 3 is 2.52 bits per heavy atom. The van der Waals surface area contributed by atoms with Gasteiger partial charge in [0.1, 0.15) is 11.3 Å². The quantitative estimate of drug-likeness (QED) is 0.823. The summed E-state index contributed by atoms with van der Waals surface area (Å²) >= 11 is 0. The van der Waals surface area contributed by atoms with E-state index in [0.717, 1.165) is 24.8 Å². The van der Waals surface area contributed by atoms with Crippen LogP contribution >= 0.6 is 0 Å². The van der Waals surface area contributed by atoms with Crippen LogP contribution in [0.3, 0.4) is 0 Å². The van der Waals surface area contributed by atoms with E-state index in [1.807, 2.05) is 25.1 Å². The van der Waals surface area contributed by atoms with Gasteiger partial charge < -0.3 is 14.7 Å². The molecular weight excluding hydrogens is 342 g/mol. The number of hydrogen-bond acceptors (Lipinski definition) is 4. The Hall–Kier alpha value is -2.82. The lowest BCUT2D eigenvalue weighted by molar-refractivity contribution is -0.135. The molecule has 1 saturated heterocycles. The van der Waals surface area contributed by atoms with Crippen molar-refractivity contribution in [1.29, 1.82) is 0 Å². The van der Waals surface area contributed by atoms with Crippen molar-refractivity contribution in [1.82, 2.24) is 4.90 Å². The third-order valence-electron chi connectivity index (χ3n) is 5.03. The first-order chi connectivity index (χ1) is 13.0. The van der Waals surface area contributed by atoms with E-state index >= 15 is 0 Å². The van der Waals surface area contributed by atoms with Crippen LogP contribution in [0.15, 0.2) is 48.5 Å². The molecule has 2 aromatic rings. The number of phenolic OH excluding ortho intramolecular Hbond substituents is 1. The van der Waals surface area contributed by atoms with E-state index in [1.165, 1.54) is 11.6 Å². The van der Waals surface area contributed by atoms with Gasteiger partial charge in [0, 0.05) is 13.1 Å². The first-order valence-electron chi connectivity index (χ1n) is 9.31. The number of nitrogens with zero attached hydrogens (tertiary/aromatic N) is 1. The number of ether oxygens (including phenoxy) is 1. The number of aromatic hydroxyl groups is 1. The molecule has 0 spiro atoms. The highest BCUT2D eigenvalue weighted by Crippen LogP contribution is 2.22. The fourth-order valence-electron chi connectivity index (χ4n) is 3.44. The number of esters is 1. The minimum absolute atomic E-state index is 0.0874. The summed E-state index contributed by atoms with van der Waals surface area (Å²) in [7, 11) is 0. The van der Waals surface area contributed by atoms with Gasteiger partial charge in [-0.2, -0.15) is 0 Å². The average molecular weight is 367 g/mol. The Kier molecular flexibility index (Phi) is 6.12. The number of aryl methyl sites for hydroxylation is 1. The highest BCUT2D eigenvalue weighted by molar-refractivity contribution is 5.94. The Morgan fingerprint density at radius 2 is 1.81 bits per heavy atom. The molecule has 1 aliphatic rings. The lowest BCUT2D eigenvalue weighted by atomic mass is 9.90. The lowest BCUT2D eigenvalue weighted by Gasteiger charge is -2.32. The van der Waals surface area contributed by atoms with Crippen molar-refractivity contribution in [2.24, 2.45) is 5.92 Å². The van der Waals surface area contributed by atoms with E-state index in [2.05, 4.69) is 12.1 Å². The fourth-order valence-corrected chi connectivity index (χ4v) is 3.44. The van der Waals surface area contributed by atoms with Gasteiger partial charge in [0.15, 0.2) is 6.61 Å². The van der Waals surface area contributed by atoms with Crippen LogP contribution in [-0.4, -0.2) is 41.6 Å². The van der Waals surface area contributed by atoms with E-state index in [0.29, 0.717) is 19.0 Å². The molecule has 0 aliphatic carbocycles. The maximum atomic E-state index is 12.3. The largest absolute Gasteiger partial charge is 0.507 e. The second kappa shape index (κ2) is 8.71. The van der Waals surface area contributed by atoms with Gasteiger partial charge >= 0.3 is 5.97 Å². The molecule has 0 atom stereocenters. The molecule has 142 valence electrons. The van der Waals surface area contributed by atoms with Crippen LogP contribution in [0.25, 0.3) is 0 Å². The molecule has 1 aliphatic heterocycles. The zero-order valence-electron chi connectivity index (χ0n) is 15.6. The molecule has 2 aromatic carbocycles. The highest BCUT2D eigenvalue weighted by Gasteiger charge is 2.24. The molecule has 0 bridgehead atoms. The third kappa shape index (κ3) is 5.09. The number of benzene rings is 2. The molecule has 0 radical (unpaired) electrons. The SMILES string of the molecule is Cc1ccc(O)c(C(=O)OCC(=O)N2CCC(Cc3ccccc3)CC2)c1. The van der Waals surface area contributed by atoms with Crippen molar-refractivity contribution >= 4 is 11.9 Å². The molecule has 1 N–H and O–H groups in total. The number of phenols is 1. The summed E-state index contributed by atoms with van der Waals surface area (Å²) in [5.41, 5.74) is 2.25. The van der Waals surface area contributed by atoms with Crippen molar-refractivity contribution in [3.8, 4) is 5.75 Å². The van der Waals surface area contributed by atoms with Crippen LogP contribution in [0.5, 0.6) is 5.75 Å². The number of rotatable bonds is 5. The van der Waals surface area contributed by atoms with Gasteiger partial charge in [-0.25, -0.2) is 4.79 Å². The van der Waals surface area contributed by atoms with Crippen LogP contribution in [0.1, 0.15) is 34.3 Å². The Bertz CT molecular complexity index is 795. The van der Waals surface area contributed by atoms with Gasteiger partial charge in [-0.05, 0) is 49.8 Å². The van der Waals surface area contributed by atoms with Gasteiger partial charge in [0.2, 0.25) is 0 Å². The zero-order chi connectivity index (χ0) is 19.2. The fraction of sp³-hybridized carbons (Fsp3) is 0.364. The Balaban J connectivity index is 1.45. The summed E-state index contributed by atoms with van der Waals surface area (Å²) in [6.45, 7) is 2.89. The number of carbonyl (C=O) groups excluding carboxylic acids is 2. The van der Waals surface area contributed by atoms with Crippen molar-refractivity contribution in [3.05, 3.63) is 65.2 Å². The zero-order valence-corrected chi connectivity index (χ0v) is 15.6. The maximum Gasteiger partial charge on any atom is 0.342 e. The predicted molar refractivity (Wildman–Crippen MR) is 103 cm³/mol. The lowest BCUT2D eigenvalue weighted by Crippen LogP contribution is -2.41. The second-order valence-electron chi connectivity index (χ2n) is 7.11. The normalized spacial score (nSPS) is 14.8. The van der Waals surface area contributed by atoms with Crippen molar-refractivity contribution in [2.45, 2.75) is 26.2 Å². The molecule has 3 rings (SSSR count). The molecule has 1 amide bonds. The number of hydrogen-bond donors (Lipinski definition) is 1. The number of amides is 1. The minimum Gasteiger partial charge on any atom is -0.507 e. The summed E-state index contributed by atoms with van der Waals surface area (Å²) < 4.78 is 5.11. The molecule has 1 heterocycles. The third-order valence-corrected chi connectivity index (χ3v) is 5.03. The first kappa shape index (κ1) is 19.0. The topological polar surface area (TPSA) is 66.8 Å². The van der Waals surface area contributed by atoms with E-state index in [9.17, 15) is 14.7 Å². The summed E-state index contributed by atoms with van der Waals surface area (Å²) in [4.78, 5) is 26.2. The number of likely N-dealkylation sites (tertiary alicyclic amines) is 1. The molecule has 0 aromatic heterocycles. The maximum absolute atomic E-state index is 12.3. The highest BCUT2D eigenvalue weighted by atomic mass is 16.5. The van der Waals surface area contributed by atoms with Crippen LogP contribution in [0.2, 0.25) is 0 Å². The van der Waals surface area contributed by atoms with Gasteiger partial charge in [-0.15, -0.1) is 0 Å². The molecule has 0 saturated carbocycles. The van der Waals surface area contributed by atoms with Crippen molar-refractivity contribution in [3.63, 3.8) is 0 Å². The summed E-state index contributed by atoms with van der Waals surface area (Å²) in [6, 6.07) is 15.1. The number of carbonyl (C=O) groups is 2. The summed E-state index contributed by atoms with van der Waals surface area (Å²) in [6.07, 6.45) is 2.94. The number of piperidine rings is 1. The molecule has 1 fully saturated rings. The van der Waals surface area contributed by atoms with Crippen molar-refractivity contribution < 1.29 is 19.4 Å². The monoisotopic (exact) mass is 367 g/mol. The summed E-state index contributed by atoms with van der Waals surface area (Å²) in [5, 5.41) is 9.77. The van der Waals surface area contributed by atoms with Crippen LogP contribution in [0, 0.1) is 12.8 Å². The van der Waals surface area contributed by atoms with Crippen LogP contribution < -0.4 is 0 Å². The predicted octanol–water partition coefficient (Wildman–Crippen LogP) is 3.34. The van der Waals surface area contributed by atoms with E-state index in [4.69, 9.17) is 4.74 Å². The molecule has 27 heavy (non-hydrogen) atoms. The van der Waals surface area contributed by atoms with Crippen LogP contribution in [0.4, 0.5) is 0 Å². The van der Waals surface area contributed by atoms with E-state index in [-0.39, 0.29) is 23.8 Å². The van der Waals surface area contributed by atoms with Gasteiger partial charge in [0.05, 0.1) is 0 Å². The molecule has 5 heteroatoms. The molecular formula is C22H25NO4. The standard InChI is InChI=1S/C22H25NO4/c1-16-7-8-20(24)19(13-16)22(26)27-15-21(25)23-11-9-18(10-12-23)14-17-5-3-2-4-6-17/h2-8,13,18,24H,9-12,14-15H2,1H3. The Labute approximate surface area is 159 Å². The van der Waals surface area contributed by atoms with Gasteiger partial charge in [-0.3, -0.25) is 4.79 Å². The second-order valence-corrected chi connectivity index (χ2v) is 7.11. The van der Waals surface area contributed by atoms with Gasteiger partial charge in [0.25, 0.3) is 5.91 Å². The van der Waals surface area contributed by atoms with Crippen molar-refractivity contribution in [2.75, 3.05) is 19.7 Å². The molecule has 5 nitrogen and oxygen atoms in total. The smallest absolute Gasteiger partial charge is 0.342 e. The van der Waals surface area contributed by atoms with E-state index < -0.39 is 5.97 Å². The van der Waals surface area contributed by atoms with E-state index in [1.54, 1.807) is 17.0 Å². The minimum atomic E-state index is -0.677. The average Bonchev–Trinajstić information content (AvgIpc) is 2.69. The van der Waals surface area contributed by atoms with Gasteiger partial charge in [-0.1, -0.05) is 42.0 Å². The summed E-state index contributed by atoms with van der Waals surface area (Å²) in [5.74, 6) is -0.430. The first-order valence-corrected chi connectivity index (χ1v) is 9.31. The van der Waals surface area contributed by atoms with Crippen LogP contribution in [-0.2, 0) is 16.0 Å². The Morgan fingerprint density at radius 1 is 1.11 bits per heavy atom.